The Morgan fingerprint density at radius 3 is 2.67 bits per heavy atom. The van der Waals surface area contributed by atoms with E-state index in [-0.39, 0.29) is 11.9 Å². The van der Waals surface area contributed by atoms with Gasteiger partial charge < -0.3 is 10.6 Å². The lowest BCUT2D eigenvalue weighted by Crippen LogP contribution is -2.23. The van der Waals surface area contributed by atoms with E-state index in [0.29, 0.717) is 21.7 Å². The standard InChI is InChI=1S/C16H17BrClFN2/c1-10(11-4-3-5-13(18)8-11)21(2)14-7-6-12(9-20)15(17)16(14)19/h3-8,10H,9,20H2,1-2H3. The van der Waals surface area contributed by atoms with Crippen molar-refractivity contribution in [3.8, 4) is 0 Å². The quantitative estimate of drug-likeness (QED) is 0.828. The lowest BCUT2D eigenvalue weighted by Gasteiger charge is -2.28. The van der Waals surface area contributed by atoms with Gasteiger partial charge in [-0.3, -0.25) is 0 Å². The van der Waals surface area contributed by atoms with Gasteiger partial charge in [0.25, 0.3) is 0 Å². The van der Waals surface area contributed by atoms with Crippen LogP contribution < -0.4 is 10.6 Å². The maximum absolute atomic E-state index is 14.5. The van der Waals surface area contributed by atoms with Gasteiger partial charge >= 0.3 is 0 Å². The van der Waals surface area contributed by atoms with Crippen LogP contribution in [0.4, 0.5) is 10.1 Å². The molecule has 0 radical (unpaired) electrons. The van der Waals surface area contributed by atoms with Crippen molar-refractivity contribution in [1.82, 2.24) is 0 Å². The van der Waals surface area contributed by atoms with E-state index in [1.807, 2.05) is 49.2 Å². The summed E-state index contributed by atoms with van der Waals surface area (Å²) in [6, 6.07) is 11.2. The smallest absolute Gasteiger partial charge is 0.160 e. The van der Waals surface area contributed by atoms with E-state index in [1.54, 1.807) is 6.07 Å². The summed E-state index contributed by atoms with van der Waals surface area (Å²) in [5.41, 5.74) is 7.89. The van der Waals surface area contributed by atoms with E-state index in [2.05, 4.69) is 15.9 Å². The Hall–Kier alpha value is -1.10. The SMILES string of the molecule is CC(c1cccc(Cl)c1)N(C)c1ccc(CN)c(Br)c1F. The van der Waals surface area contributed by atoms with Crippen LogP contribution in [0.2, 0.25) is 5.02 Å². The molecule has 0 aliphatic rings. The van der Waals surface area contributed by atoms with E-state index in [1.165, 1.54) is 0 Å². The fraction of sp³-hybridized carbons (Fsp3) is 0.250. The van der Waals surface area contributed by atoms with Crippen molar-refractivity contribution >= 4 is 33.2 Å². The first-order chi connectivity index (χ1) is 9.95. The van der Waals surface area contributed by atoms with E-state index in [4.69, 9.17) is 17.3 Å². The number of halogens is 3. The topological polar surface area (TPSA) is 29.3 Å². The molecule has 1 unspecified atom stereocenters. The third kappa shape index (κ3) is 3.39. The minimum atomic E-state index is -0.297. The maximum atomic E-state index is 14.5. The number of benzene rings is 2. The van der Waals surface area contributed by atoms with Crippen LogP contribution in [0.15, 0.2) is 40.9 Å². The molecule has 0 bridgehead atoms. The van der Waals surface area contributed by atoms with Crippen LogP contribution in [-0.4, -0.2) is 7.05 Å². The molecule has 2 N–H and O–H groups in total. The molecule has 112 valence electrons. The Bertz CT molecular complexity index is 648. The summed E-state index contributed by atoms with van der Waals surface area (Å²) in [5, 5.41) is 0.674. The number of hydrogen-bond donors (Lipinski definition) is 1. The van der Waals surface area contributed by atoms with Gasteiger partial charge in [-0.05, 0) is 52.2 Å². The zero-order chi connectivity index (χ0) is 15.6. The summed E-state index contributed by atoms with van der Waals surface area (Å²) in [5.74, 6) is -0.297. The molecule has 0 saturated carbocycles. The van der Waals surface area contributed by atoms with Crippen molar-refractivity contribution in [3.05, 3.63) is 62.8 Å². The molecule has 5 heteroatoms. The summed E-state index contributed by atoms with van der Waals surface area (Å²) >= 11 is 9.30. The van der Waals surface area contributed by atoms with Crippen LogP contribution in [0.3, 0.4) is 0 Å². The van der Waals surface area contributed by atoms with Crippen molar-refractivity contribution in [3.63, 3.8) is 0 Å². The molecule has 0 saturated heterocycles. The third-order valence-electron chi connectivity index (χ3n) is 3.65. The molecule has 0 aliphatic carbocycles. The molecule has 0 aliphatic heterocycles. The first kappa shape index (κ1) is 16.3. The van der Waals surface area contributed by atoms with E-state index in [0.717, 1.165) is 11.1 Å². The molecule has 0 spiro atoms. The van der Waals surface area contributed by atoms with Crippen molar-refractivity contribution < 1.29 is 4.39 Å². The molecule has 0 amide bonds. The third-order valence-corrected chi connectivity index (χ3v) is 4.75. The Balaban J connectivity index is 2.36. The largest absolute Gasteiger partial charge is 0.365 e. The number of rotatable bonds is 4. The van der Waals surface area contributed by atoms with Gasteiger partial charge in [0.2, 0.25) is 0 Å². The second-order valence-corrected chi connectivity index (χ2v) is 6.15. The van der Waals surface area contributed by atoms with Gasteiger partial charge in [0.1, 0.15) is 0 Å². The minimum absolute atomic E-state index is 0.00572. The zero-order valence-electron chi connectivity index (χ0n) is 11.9. The monoisotopic (exact) mass is 370 g/mol. The molecular weight excluding hydrogens is 355 g/mol. The first-order valence-electron chi connectivity index (χ1n) is 6.61. The van der Waals surface area contributed by atoms with Crippen molar-refractivity contribution in [1.29, 1.82) is 0 Å². The second kappa shape index (κ2) is 6.77. The minimum Gasteiger partial charge on any atom is -0.365 e. The summed E-state index contributed by atoms with van der Waals surface area (Å²) in [4.78, 5) is 1.88. The summed E-state index contributed by atoms with van der Waals surface area (Å²) in [6.07, 6.45) is 0. The highest BCUT2D eigenvalue weighted by Crippen LogP contribution is 2.33. The van der Waals surface area contributed by atoms with Gasteiger partial charge in [0.05, 0.1) is 16.2 Å². The lowest BCUT2D eigenvalue weighted by molar-refractivity contribution is 0.603. The summed E-state index contributed by atoms with van der Waals surface area (Å²) in [7, 11) is 1.86. The van der Waals surface area contributed by atoms with Crippen LogP contribution >= 0.6 is 27.5 Å². The molecule has 2 aromatic carbocycles. The number of nitrogens with two attached hydrogens (primary N) is 1. The Kier molecular flexibility index (Phi) is 5.25. The van der Waals surface area contributed by atoms with Gasteiger partial charge in [-0.2, -0.15) is 0 Å². The summed E-state index contributed by atoms with van der Waals surface area (Å²) < 4.78 is 14.9. The molecule has 2 nitrogen and oxygen atoms in total. The highest BCUT2D eigenvalue weighted by atomic mass is 79.9. The van der Waals surface area contributed by atoms with Gasteiger partial charge in [-0.25, -0.2) is 4.39 Å². The molecule has 2 rings (SSSR count). The highest BCUT2D eigenvalue weighted by Gasteiger charge is 2.18. The van der Waals surface area contributed by atoms with Crippen LogP contribution in [0.25, 0.3) is 0 Å². The van der Waals surface area contributed by atoms with Crippen molar-refractivity contribution in [2.45, 2.75) is 19.5 Å². The van der Waals surface area contributed by atoms with Gasteiger partial charge in [-0.1, -0.05) is 29.8 Å². The Labute approximate surface area is 137 Å². The van der Waals surface area contributed by atoms with Crippen LogP contribution in [0.5, 0.6) is 0 Å². The molecule has 1 atom stereocenters. The molecule has 0 aromatic heterocycles. The van der Waals surface area contributed by atoms with E-state index >= 15 is 0 Å². The number of nitrogens with zero attached hydrogens (tertiary/aromatic N) is 1. The normalized spacial score (nSPS) is 12.3. The molecular formula is C16H17BrClFN2. The Morgan fingerprint density at radius 2 is 2.05 bits per heavy atom. The number of hydrogen-bond acceptors (Lipinski definition) is 2. The predicted octanol–water partition coefficient (Wildman–Crippen LogP) is 4.90. The molecule has 2 aromatic rings. The van der Waals surface area contributed by atoms with Crippen LogP contribution in [0, 0.1) is 5.82 Å². The first-order valence-corrected chi connectivity index (χ1v) is 7.78. The predicted molar refractivity (Wildman–Crippen MR) is 90.3 cm³/mol. The average molecular weight is 372 g/mol. The summed E-state index contributed by atoms with van der Waals surface area (Å²) in [6.45, 7) is 2.31. The average Bonchev–Trinajstić information content (AvgIpc) is 2.48. The zero-order valence-corrected chi connectivity index (χ0v) is 14.2. The van der Waals surface area contributed by atoms with E-state index in [9.17, 15) is 4.39 Å². The van der Waals surface area contributed by atoms with Gasteiger partial charge in [-0.15, -0.1) is 0 Å². The van der Waals surface area contributed by atoms with Crippen LogP contribution in [-0.2, 0) is 6.54 Å². The van der Waals surface area contributed by atoms with Gasteiger partial charge in [0.15, 0.2) is 5.82 Å². The van der Waals surface area contributed by atoms with Crippen LogP contribution in [0.1, 0.15) is 24.1 Å². The molecule has 21 heavy (non-hydrogen) atoms. The fourth-order valence-electron chi connectivity index (χ4n) is 2.21. The molecule has 0 heterocycles. The van der Waals surface area contributed by atoms with Crippen molar-refractivity contribution in [2.24, 2.45) is 5.73 Å². The van der Waals surface area contributed by atoms with Crippen molar-refractivity contribution in [2.75, 3.05) is 11.9 Å². The molecule has 0 fully saturated rings. The van der Waals surface area contributed by atoms with E-state index < -0.39 is 0 Å². The second-order valence-electron chi connectivity index (χ2n) is 4.92. The Morgan fingerprint density at radius 1 is 1.33 bits per heavy atom. The lowest BCUT2D eigenvalue weighted by atomic mass is 10.1. The number of anilines is 1. The van der Waals surface area contributed by atoms with Gasteiger partial charge in [0, 0.05) is 18.6 Å². The highest BCUT2D eigenvalue weighted by molar-refractivity contribution is 9.10. The maximum Gasteiger partial charge on any atom is 0.160 e. The fourth-order valence-corrected chi connectivity index (χ4v) is 2.90.